The fraction of sp³-hybridized carbons (Fsp3) is 0.0714. The number of aromatic nitrogens is 1. The van der Waals surface area contributed by atoms with Crippen LogP contribution in [0.15, 0.2) is 54.9 Å². The Morgan fingerprint density at radius 1 is 1.18 bits per heavy atom. The molecule has 0 atom stereocenters. The predicted molar refractivity (Wildman–Crippen MR) is 67.1 cm³/mol. The number of hydrogen-bond donors (Lipinski definition) is 0. The van der Waals surface area contributed by atoms with E-state index in [2.05, 4.69) is 0 Å². The van der Waals surface area contributed by atoms with Crippen LogP contribution >= 0.6 is 0 Å². The van der Waals surface area contributed by atoms with E-state index in [1.807, 2.05) is 36.4 Å². The summed E-state index contributed by atoms with van der Waals surface area (Å²) in [5.74, 6) is 0.740. The molecule has 0 aliphatic rings. The highest BCUT2D eigenvalue weighted by atomic mass is 16.5. The first-order valence-electron chi connectivity index (χ1n) is 5.29. The van der Waals surface area contributed by atoms with Crippen LogP contribution in [-0.2, 0) is 0 Å². The molecule has 3 nitrogen and oxygen atoms in total. The molecule has 0 bridgehead atoms. The summed E-state index contributed by atoms with van der Waals surface area (Å²) >= 11 is 0. The van der Waals surface area contributed by atoms with E-state index in [1.54, 1.807) is 31.7 Å². The lowest BCUT2D eigenvalue weighted by atomic mass is 10.2. The van der Waals surface area contributed by atoms with E-state index in [0.29, 0.717) is 0 Å². The Labute approximate surface area is 100.0 Å². The smallest absolute Gasteiger partial charge is 0.254 e. The van der Waals surface area contributed by atoms with Crippen LogP contribution in [0.1, 0.15) is 10.4 Å². The lowest BCUT2D eigenvalue weighted by molar-refractivity contribution is 0.0970. The Hall–Kier alpha value is -2.29. The van der Waals surface area contributed by atoms with Crippen LogP contribution in [-0.4, -0.2) is 17.6 Å². The zero-order chi connectivity index (χ0) is 12.1. The van der Waals surface area contributed by atoms with Crippen molar-refractivity contribution in [3.05, 3.63) is 60.4 Å². The Morgan fingerprint density at radius 3 is 2.41 bits per heavy atom. The third-order valence-corrected chi connectivity index (χ3v) is 2.39. The standard InChI is InChI=1S/C14H13NO2/c1-17-13-7-4-12(5-8-13)6-9-14(16)15-10-2-3-11-15/h2-11H,1H3/b9-6+. The monoisotopic (exact) mass is 227 g/mol. The highest BCUT2D eigenvalue weighted by Gasteiger charge is 1.97. The van der Waals surface area contributed by atoms with Gasteiger partial charge in [-0.25, -0.2) is 0 Å². The zero-order valence-corrected chi connectivity index (χ0v) is 9.54. The molecule has 0 radical (unpaired) electrons. The Bertz CT molecular complexity index is 510. The predicted octanol–water partition coefficient (Wildman–Crippen LogP) is 2.85. The lowest BCUT2D eigenvalue weighted by Crippen LogP contribution is -2.03. The first kappa shape index (κ1) is 11.2. The third-order valence-electron chi connectivity index (χ3n) is 2.39. The van der Waals surface area contributed by atoms with Gasteiger partial charge in [-0.05, 0) is 35.9 Å². The largest absolute Gasteiger partial charge is 0.497 e. The quantitative estimate of drug-likeness (QED) is 0.755. The van der Waals surface area contributed by atoms with E-state index in [-0.39, 0.29) is 5.91 Å². The number of carbonyl (C=O) groups is 1. The van der Waals surface area contributed by atoms with Crippen molar-refractivity contribution >= 4 is 12.0 Å². The third kappa shape index (κ3) is 2.84. The van der Waals surface area contributed by atoms with Crippen LogP contribution in [0.2, 0.25) is 0 Å². The summed E-state index contributed by atoms with van der Waals surface area (Å²) in [6.07, 6.45) is 6.77. The summed E-state index contributed by atoms with van der Waals surface area (Å²) in [5, 5.41) is 0. The number of ether oxygens (including phenoxy) is 1. The highest BCUT2D eigenvalue weighted by Crippen LogP contribution is 2.12. The second kappa shape index (κ2) is 5.16. The first-order valence-corrected chi connectivity index (χ1v) is 5.29. The van der Waals surface area contributed by atoms with Crippen molar-refractivity contribution in [1.82, 2.24) is 4.57 Å². The number of carbonyl (C=O) groups excluding carboxylic acids is 1. The van der Waals surface area contributed by atoms with E-state index >= 15 is 0 Å². The van der Waals surface area contributed by atoms with Crippen molar-refractivity contribution in [2.24, 2.45) is 0 Å². The second-order valence-electron chi connectivity index (χ2n) is 3.54. The maximum atomic E-state index is 11.7. The maximum Gasteiger partial charge on any atom is 0.254 e. The molecule has 0 aliphatic heterocycles. The molecule has 0 saturated heterocycles. The molecule has 0 spiro atoms. The van der Waals surface area contributed by atoms with Gasteiger partial charge in [-0.15, -0.1) is 0 Å². The van der Waals surface area contributed by atoms with Gasteiger partial charge < -0.3 is 4.74 Å². The van der Waals surface area contributed by atoms with E-state index < -0.39 is 0 Å². The summed E-state index contributed by atoms with van der Waals surface area (Å²) in [7, 11) is 1.63. The van der Waals surface area contributed by atoms with Crippen LogP contribution in [0, 0.1) is 0 Å². The number of hydrogen-bond acceptors (Lipinski definition) is 2. The molecule has 1 aromatic heterocycles. The van der Waals surface area contributed by atoms with Crippen molar-refractivity contribution in [3.8, 4) is 5.75 Å². The topological polar surface area (TPSA) is 31.2 Å². The number of rotatable bonds is 3. The van der Waals surface area contributed by atoms with Crippen molar-refractivity contribution in [2.45, 2.75) is 0 Å². The maximum absolute atomic E-state index is 11.7. The summed E-state index contributed by atoms with van der Waals surface area (Å²) in [6.45, 7) is 0. The highest BCUT2D eigenvalue weighted by molar-refractivity contribution is 5.93. The molecular weight excluding hydrogens is 214 g/mol. The van der Waals surface area contributed by atoms with Gasteiger partial charge >= 0.3 is 0 Å². The van der Waals surface area contributed by atoms with Crippen LogP contribution in [0.25, 0.3) is 6.08 Å². The van der Waals surface area contributed by atoms with Crippen molar-refractivity contribution in [3.63, 3.8) is 0 Å². The summed E-state index contributed by atoms with van der Waals surface area (Å²) in [5.41, 5.74) is 0.964. The molecule has 0 fully saturated rings. The lowest BCUT2D eigenvalue weighted by Gasteiger charge is -1.99. The molecule has 2 aromatic rings. The molecule has 0 aliphatic carbocycles. The van der Waals surface area contributed by atoms with Gasteiger partial charge in [0.15, 0.2) is 0 Å². The van der Waals surface area contributed by atoms with E-state index in [4.69, 9.17) is 4.74 Å². The van der Waals surface area contributed by atoms with Gasteiger partial charge in [-0.2, -0.15) is 0 Å². The van der Waals surface area contributed by atoms with E-state index in [0.717, 1.165) is 11.3 Å². The average Bonchev–Trinajstić information content (AvgIpc) is 2.90. The molecule has 86 valence electrons. The fourth-order valence-electron chi connectivity index (χ4n) is 1.45. The Morgan fingerprint density at radius 2 is 1.82 bits per heavy atom. The van der Waals surface area contributed by atoms with Crippen LogP contribution in [0.5, 0.6) is 5.75 Å². The molecule has 0 amide bonds. The minimum Gasteiger partial charge on any atom is -0.497 e. The molecule has 3 heteroatoms. The van der Waals surface area contributed by atoms with Crippen molar-refractivity contribution in [2.75, 3.05) is 7.11 Å². The van der Waals surface area contributed by atoms with Crippen LogP contribution in [0.4, 0.5) is 0 Å². The van der Waals surface area contributed by atoms with Gasteiger partial charge in [0.25, 0.3) is 5.91 Å². The molecule has 0 N–H and O–H groups in total. The fourth-order valence-corrected chi connectivity index (χ4v) is 1.45. The minimum absolute atomic E-state index is 0.0641. The molecule has 0 unspecified atom stereocenters. The second-order valence-corrected chi connectivity index (χ2v) is 3.54. The molecular formula is C14H13NO2. The van der Waals surface area contributed by atoms with E-state index in [1.165, 1.54) is 4.57 Å². The zero-order valence-electron chi connectivity index (χ0n) is 9.54. The first-order chi connectivity index (χ1) is 8.29. The average molecular weight is 227 g/mol. The minimum atomic E-state index is -0.0641. The SMILES string of the molecule is COc1ccc(/C=C/C(=O)n2cccc2)cc1. The van der Waals surface area contributed by atoms with E-state index in [9.17, 15) is 4.79 Å². The van der Waals surface area contributed by atoms with Crippen LogP contribution in [0.3, 0.4) is 0 Å². The molecule has 2 rings (SSSR count). The molecule has 0 saturated carbocycles. The molecule has 1 aromatic carbocycles. The normalized spacial score (nSPS) is 10.6. The Balaban J connectivity index is 2.07. The van der Waals surface area contributed by atoms with Crippen LogP contribution < -0.4 is 4.74 Å². The molecule has 17 heavy (non-hydrogen) atoms. The number of allylic oxidation sites excluding steroid dienone is 1. The van der Waals surface area contributed by atoms with Gasteiger partial charge in [0.05, 0.1) is 7.11 Å². The number of benzene rings is 1. The van der Waals surface area contributed by atoms with Gasteiger partial charge in [-0.1, -0.05) is 12.1 Å². The van der Waals surface area contributed by atoms with Gasteiger partial charge in [0, 0.05) is 18.5 Å². The van der Waals surface area contributed by atoms with Gasteiger partial charge in [-0.3, -0.25) is 9.36 Å². The van der Waals surface area contributed by atoms with Crippen molar-refractivity contribution < 1.29 is 9.53 Å². The van der Waals surface area contributed by atoms with Crippen molar-refractivity contribution in [1.29, 1.82) is 0 Å². The summed E-state index contributed by atoms with van der Waals surface area (Å²) in [6, 6.07) is 11.2. The number of methoxy groups -OCH3 is 1. The number of nitrogens with zero attached hydrogens (tertiary/aromatic N) is 1. The molecule has 1 heterocycles. The van der Waals surface area contributed by atoms with Gasteiger partial charge in [0.1, 0.15) is 5.75 Å². The summed E-state index contributed by atoms with van der Waals surface area (Å²) < 4.78 is 6.59. The van der Waals surface area contributed by atoms with Gasteiger partial charge in [0.2, 0.25) is 0 Å². The summed E-state index contributed by atoms with van der Waals surface area (Å²) in [4.78, 5) is 11.7. The Kier molecular flexibility index (Phi) is 3.40.